The van der Waals surface area contributed by atoms with E-state index < -0.39 is 0 Å². The number of benzene rings is 1. The molecule has 0 radical (unpaired) electrons. The van der Waals surface area contributed by atoms with E-state index in [1.807, 2.05) is 38.1 Å². The Balaban J connectivity index is 1.95. The van der Waals surface area contributed by atoms with Crippen LogP contribution in [0.2, 0.25) is 0 Å². The molecular formula is C15H19N3O3. The van der Waals surface area contributed by atoms with Crippen LogP contribution in [0.25, 0.3) is 0 Å². The standard InChI is InChI=1S/C15H19N3O3/c1-3-21-12-6-4-11(5-7-12)10(2)16-15(20)13-8-9-14(19)18-17-13/h4-7,10H,3,8-9H2,1-2H3,(H,16,20)(H,18,19). The lowest BCUT2D eigenvalue weighted by molar-refractivity contribution is -0.121. The second kappa shape index (κ2) is 6.88. The molecule has 1 aromatic rings. The van der Waals surface area contributed by atoms with Crippen molar-refractivity contribution in [3.05, 3.63) is 29.8 Å². The molecule has 21 heavy (non-hydrogen) atoms. The Kier molecular flexibility index (Phi) is 4.92. The molecule has 2 N–H and O–H groups in total. The van der Waals surface area contributed by atoms with E-state index >= 15 is 0 Å². The highest BCUT2D eigenvalue weighted by Crippen LogP contribution is 2.17. The van der Waals surface area contributed by atoms with Gasteiger partial charge in [-0.2, -0.15) is 5.10 Å². The average molecular weight is 289 g/mol. The third-order valence-corrected chi connectivity index (χ3v) is 3.21. The molecule has 1 atom stereocenters. The number of carbonyl (C=O) groups excluding carboxylic acids is 2. The third kappa shape index (κ3) is 4.05. The summed E-state index contributed by atoms with van der Waals surface area (Å²) in [6.45, 7) is 4.45. The molecule has 112 valence electrons. The van der Waals surface area contributed by atoms with Crippen LogP contribution in [0.1, 0.15) is 38.3 Å². The number of hydrazone groups is 1. The van der Waals surface area contributed by atoms with E-state index in [9.17, 15) is 9.59 Å². The number of hydrogen-bond donors (Lipinski definition) is 2. The number of rotatable bonds is 5. The second-order valence-corrected chi connectivity index (χ2v) is 4.79. The minimum Gasteiger partial charge on any atom is -0.494 e. The summed E-state index contributed by atoms with van der Waals surface area (Å²) in [5.41, 5.74) is 3.65. The summed E-state index contributed by atoms with van der Waals surface area (Å²) >= 11 is 0. The number of ether oxygens (including phenoxy) is 1. The van der Waals surface area contributed by atoms with Crippen molar-refractivity contribution in [3.63, 3.8) is 0 Å². The molecule has 0 bridgehead atoms. The lowest BCUT2D eigenvalue weighted by Gasteiger charge is -2.17. The minimum atomic E-state index is -0.253. The van der Waals surface area contributed by atoms with Gasteiger partial charge in [0.05, 0.1) is 12.6 Å². The molecular weight excluding hydrogens is 270 g/mol. The van der Waals surface area contributed by atoms with Gasteiger partial charge < -0.3 is 10.1 Å². The smallest absolute Gasteiger partial charge is 0.267 e. The van der Waals surface area contributed by atoms with Crippen LogP contribution in [-0.4, -0.2) is 24.1 Å². The highest BCUT2D eigenvalue weighted by Gasteiger charge is 2.20. The summed E-state index contributed by atoms with van der Waals surface area (Å²) in [7, 11) is 0. The van der Waals surface area contributed by atoms with Gasteiger partial charge >= 0.3 is 0 Å². The Labute approximate surface area is 123 Å². The molecule has 0 aromatic heterocycles. The van der Waals surface area contributed by atoms with Gasteiger partial charge in [-0.25, -0.2) is 5.43 Å². The Bertz CT molecular complexity index is 552. The summed E-state index contributed by atoms with van der Waals surface area (Å²) in [4.78, 5) is 23.0. The number of amides is 2. The lowest BCUT2D eigenvalue weighted by Crippen LogP contribution is -2.37. The zero-order valence-corrected chi connectivity index (χ0v) is 12.2. The molecule has 1 aliphatic heterocycles. The SMILES string of the molecule is CCOc1ccc(C(C)NC(=O)C2=NNC(=O)CC2)cc1. The van der Waals surface area contributed by atoms with Crippen LogP contribution in [0.15, 0.2) is 29.4 Å². The molecule has 6 heteroatoms. The van der Waals surface area contributed by atoms with Crippen LogP contribution in [0, 0.1) is 0 Å². The third-order valence-electron chi connectivity index (χ3n) is 3.21. The van der Waals surface area contributed by atoms with E-state index in [1.165, 1.54) is 0 Å². The number of hydrogen-bond acceptors (Lipinski definition) is 4. The van der Waals surface area contributed by atoms with Gasteiger partial charge in [0.25, 0.3) is 5.91 Å². The first-order chi connectivity index (χ1) is 10.1. The Morgan fingerprint density at radius 1 is 1.38 bits per heavy atom. The van der Waals surface area contributed by atoms with Gasteiger partial charge in [0, 0.05) is 12.8 Å². The van der Waals surface area contributed by atoms with Gasteiger partial charge in [0.2, 0.25) is 5.91 Å². The number of carbonyl (C=O) groups is 2. The Morgan fingerprint density at radius 2 is 2.10 bits per heavy atom. The minimum absolute atomic E-state index is 0.145. The van der Waals surface area contributed by atoms with Crippen LogP contribution in [0.4, 0.5) is 0 Å². The first-order valence-corrected chi connectivity index (χ1v) is 6.99. The van der Waals surface area contributed by atoms with E-state index in [-0.39, 0.29) is 17.9 Å². The first kappa shape index (κ1) is 15.0. The molecule has 1 aliphatic rings. The van der Waals surface area contributed by atoms with Crippen LogP contribution in [0.5, 0.6) is 5.75 Å². The summed E-state index contributed by atoms with van der Waals surface area (Å²) < 4.78 is 5.38. The molecule has 0 fully saturated rings. The molecule has 0 saturated carbocycles. The lowest BCUT2D eigenvalue weighted by atomic mass is 10.1. The van der Waals surface area contributed by atoms with Gasteiger partial charge in [0.1, 0.15) is 11.5 Å². The predicted octanol–water partition coefficient (Wildman–Crippen LogP) is 1.53. The van der Waals surface area contributed by atoms with Crippen molar-refractivity contribution < 1.29 is 14.3 Å². The van der Waals surface area contributed by atoms with E-state index in [0.717, 1.165) is 11.3 Å². The summed E-state index contributed by atoms with van der Waals surface area (Å²) in [5.74, 6) is 0.390. The molecule has 0 aliphatic carbocycles. The topological polar surface area (TPSA) is 79.8 Å². The normalized spacial score (nSPS) is 15.7. The quantitative estimate of drug-likeness (QED) is 0.862. The van der Waals surface area contributed by atoms with E-state index in [1.54, 1.807) is 0 Å². The van der Waals surface area contributed by atoms with E-state index in [0.29, 0.717) is 25.2 Å². The van der Waals surface area contributed by atoms with Gasteiger partial charge in [0.15, 0.2) is 0 Å². The maximum atomic E-state index is 12.0. The van der Waals surface area contributed by atoms with Crippen molar-refractivity contribution >= 4 is 17.5 Å². The fourth-order valence-electron chi connectivity index (χ4n) is 2.02. The Hall–Kier alpha value is -2.37. The van der Waals surface area contributed by atoms with Crippen LogP contribution < -0.4 is 15.5 Å². The maximum Gasteiger partial charge on any atom is 0.267 e. The number of nitrogens with zero attached hydrogens (tertiary/aromatic N) is 1. The summed E-state index contributed by atoms with van der Waals surface area (Å²) in [6, 6.07) is 7.44. The molecule has 1 heterocycles. The van der Waals surface area contributed by atoms with Crippen molar-refractivity contribution in [3.8, 4) is 5.75 Å². The van der Waals surface area contributed by atoms with Crippen molar-refractivity contribution in [2.45, 2.75) is 32.7 Å². The number of nitrogens with one attached hydrogen (secondary N) is 2. The van der Waals surface area contributed by atoms with Gasteiger partial charge in [-0.3, -0.25) is 9.59 Å². The molecule has 2 rings (SSSR count). The van der Waals surface area contributed by atoms with Crippen molar-refractivity contribution in [2.75, 3.05) is 6.61 Å². The van der Waals surface area contributed by atoms with E-state index in [2.05, 4.69) is 15.8 Å². The highest BCUT2D eigenvalue weighted by molar-refractivity contribution is 6.39. The van der Waals surface area contributed by atoms with Crippen LogP contribution in [-0.2, 0) is 9.59 Å². The summed E-state index contributed by atoms with van der Waals surface area (Å²) in [5, 5.41) is 6.65. The molecule has 2 amide bonds. The van der Waals surface area contributed by atoms with Crippen molar-refractivity contribution in [1.82, 2.24) is 10.7 Å². The Morgan fingerprint density at radius 3 is 2.67 bits per heavy atom. The summed E-state index contributed by atoms with van der Waals surface area (Å²) in [6.07, 6.45) is 0.664. The van der Waals surface area contributed by atoms with Crippen LogP contribution in [0.3, 0.4) is 0 Å². The molecule has 1 unspecified atom stereocenters. The van der Waals surface area contributed by atoms with E-state index in [4.69, 9.17) is 4.74 Å². The maximum absolute atomic E-state index is 12.0. The molecule has 1 aromatic carbocycles. The zero-order valence-electron chi connectivity index (χ0n) is 12.2. The largest absolute Gasteiger partial charge is 0.494 e. The molecule has 0 saturated heterocycles. The fraction of sp³-hybridized carbons (Fsp3) is 0.400. The van der Waals surface area contributed by atoms with Gasteiger partial charge in [-0.15, -0.1) is 0 Å². The molecule has 0 spiro atoms. The highest BCUT2D eigenvalue weighted by atomic mass is 16.5. The van der Waals surface area contributed by atoms with Crippen molar-refractivity contribution in [1.29, 1.82) is 0 Å². The first-order valence-electron chi connectivity index (χ1n) is 6.99. The fourth-order valence-corrected chi connectivity index (χ4v) is 2.02. The molecule has 6 nitrogen and oxygen atoms in total. The van der Waals surface area contributed by atoms with Crippen molar-refractivity contribution in [2.24, 2.45) is 5.10 Å². The average Bonchev–Trinajstić information content (AvgIpc) is 2.49. The monoisotopic (exact) mass is 289 g/mol. The van der Waals surface area contributed by atoms with Gasteiger partial charge in [-0.05, 0) is 31.5 Å². The van der Waals surface area contributed by atoms with Gasteiger partial charge in [-0.1, -0.05) is 12.1 Å². The van der Waals surface area contributed by atoms with Crippen LogP contribution >= 0.6 is 0 Å². The second-order valence-electron chi connectivity index (χ2n) is 4.79. The predicted molar refractivity (Wildman–Crippen MR) is 79.0 cm³/mol. The zero-order chi connectivity index (χ0) is 15.2.